The van der Waals surface area contributed by atoms with Gasteiger partial charge >= 0.3 is 0 Å². The van der Waals surface area contributed by atoms with Crippen molar-refractivity contribution in [2.24, 2.45) is 0 Å². The van der Waals surface area contributed by atoms with Crippen molar-refractivity contribution in [1.82, 2.24) is 0 Å². The van der Waals surface area contributed by atoms with Crippen molar-refractivity contribution in [2.45, 2.75) is 6.92 Å². The highest BCUT2D eigenvalue weighted by Gasteiger charge is 2.08. The van der Waals surface area contributed by atoms with Crippen molar-refractivity contribution in [1.29, 1.82) is 0 Å². The molecular weight excluding hydrogens is 243 g/mol. The van der Waals surface area contributed by atoms with Gasteiger partial charge in [0.25, 0.3) is 0 Å². The molecule has 3 N–H and O–H groups in total. The van der Waals surface area contributed by atoms with Gasteiger partial charge in [0.05, 0.1) is 12.2 Å². The van der Waals surface area contributed by atoms with Gasteiger partial charge in [-0.1, -0.05) is 12.1 Å². The van der Waals surface area contributed by atoms with Gasteiger partial charge in [0.15, 0.2) is 5.78 Å². The van der Waals surface area contributed by atoms with Crippen LogP contribution >= 0.6 is 0 Å². The van der Waals surface area contributed by atoms with E-state index in [1.165, 1.54) is 18.2 Å². The molecule has 0 amide bonds. The molecule has 4 heteroatoms. The Morgan fingerprint density at radius 2 is 2.05 bits per heavy atom. The predicted molar refractivity (Wildman–Crippen MR) is 74.8 cm³/mol. The van der Waals surface area contributed by atoms with Crippen LogP contribution in [0.3, 0.4) is 0 Å². The van der Waals surface area contributed by atoms with E-state index >= 15 is 0 Å². The number of Topliss-reactive ketones (excluding diaryl/α,β-unsaturated/α-hetero) is 1. The monoisotopic (exact) mass is 258 g/mol. The molecule has 2 aromatic carbocycles. The van der Waals surface area contributed by atoms with Gasteiger partial charge < -0.3 is 11.1 Å². The summed E-state index contributed by atoms with van der Waals surface area (Å²) in [4.78, 5) is 11.9. The van der Waals surface area contributed by atoms with Crippen molar-refractivity contribution in [2.75, 3.05) is 17.6 Å². The van der Waals surface area contributed by atoms with E-state index < -0.39 is 5.82 Å². The number of ketones is 1. The van der Waals surface area contributed by atoms with E-state index in [1.807, 2.05) is 31.2 Å². The molecule has 0 unspecified atom stereocenters. The molecule has 0 aliphatic rings. The first-order valence-corrected chi connectivity index (χ1v) is 5.95. The van der Waals surface area contributed by atoms with E-state index in [2.05, 4.69) is 5.32 Å². The lowest BCUT2D eigenvalue weighted by Gasteiger charge is -2.07. The fraction of sp³-hybridized carbons (Fsp3) is 0.133. The summed E-state index contributed by atoms with van der Waals surface area (Å²) in [6, 6.07) is 11.7. The topological polar surface area (TPSA) is 55.1 Å². The zero-order chi connectivity index (χ0) is 13.8. The standard InChI is InChI=1S/C15H15FN2O/c1-10-3-2-4-12(7-10)18-9-15(19)11-5-6-13(16)14(17)8-11/h2-8,18H,9,17H2,1H3. The van der Waals surface area contributed by atoms with Crippen molar-refractivity contribution in [3.05, 3.63) is 59.4 Å². The number of aryl methyl sites for hydroxylation is 1. The summed E-state index contributed by atoms with van der Waals surface area (Å²) < 4.78 is 13.0. The molecular formula is C15H15FN2O. The van der Waals surface area contributed by atoms with Crippen LogP contribution in [0.2, 0.25) is 0 Å². The van der Waals surface area contributed by atoms with Crippen molar-refractivity contribution in [3.8, 4) is 0 Å². The third-order valence-corrected chi connectivity index (χ3v) is 2.79. The van der Waals surface area contributed by atoms with Gasteiger partial charge in [-0.25, -0.2) is 4.39 Å². The van der Waals surface area contributed by atoms with Crippen LogP contribution < -0.4 is 11.1 Å². The fourth-order valence-electron chi connectivity index (χ4n) is 1.76. The van der Waals surface area contributed by atoms with Crippen LogP contribution in [0.4, 0.5) is 15.8 Å². The summed E-state index contributed by atoms with van der Waals surface area (Å²) in [6.45, 7) is 2.13. The molecule has 0 saturated heterocycles. The molecule has 0 heterocycles. The number of halogens is 1. The number of anilines is 2. The van der Waals surface area contributed by atoms with E-state index in [-0.39, 0.29) is 18.0 Å². The molecule has 2 rings (SSSR count). The average Bonchev–Trinajstić information content (AvgIpc) is 2.39. The Hall–Kier alpha value is -2.36. The van der Waals surface area contributed by atoms with Gasteiger partial charge in [0.2, 0.25) is 0 Å². The fourth-order valence-corrected chi connectivity index (χ4v) is 1.76. The van der Waals surface area contributed by atoms with Crippen LogP contribution in [0, 0.1) is 12.7 Å². The molecule has 0 aromatic heterocycles. The Morgan fingerprint density at radius 3 is 2.74 bits per heavy atom. The number of benzene rings is 2. The van der Waals surface area contributed by atoms with Crippen LogP contribution in [0.5, 0.6) is 0 Å². The largest absolute Gasteiger partial charge is 0.396 e. The minimum Gasteiger partial charge on any atom is -0.396 e. The summed E-state index contributed by atoms with van der Waals surface area (Å²) in [6.07, 6.45) is 0. The van der Waals surface area contributed by atoms with Crippen molar-refractivity contribution < 1.29 is 9.18 Å². The smallest absolute Gasteiger partial charge is 0.181 e. The molecule has 0 aliphatic carbocycles. The van der Waals surface area contributed by atoms with Gasteiger partial charge in [-0.05, 0) is 42.8 Å². The summed E-state index contributed by atoms with van der Waals surface area (Å²) in [5.41, 5.74) is 7.82. The van der Waals surface area contributed by atoms with Gasteiger partial charge in [-0.2, -0.15) is 0 Å². The average molecular weight is 258 g/mol. The van der Waals surface area contributed by atoms with Gasteiger partial charge in [-0.3, -0.25) is 4.79 Å². The molecule has 0 saturated carbocycles. The number of nitrogens with one attached hydrogen (secondary N) is 1. The maximum absolute atomic E-state index is 13.0. The van der Waals surface area contributed by atoms with Crippen molar-refractivity contribution in [3.63, 3.8) is 0 Å². The van der Waals surface area contributed by atoms with E-state index in [4.69, 9.17) is 5.73 Å². The zero-order valence-corrected chi connectivity index (χ0v) is 10.6. The van der Waals surface area contributed by atoms with E-state index in [9.17, 15) is 9.18 Å². The predicted octanol–water partition coefficient (Wildman–Crippen LogP) is 3.01. The SMILES string of the molecule is Cc1cccc(NCC(=O)c2ccc(F)c(N)c2)c1. The Balaban J connectivity index is 2.03. The van der Waals surface area contributed by atoms with Gasteiger partial charge in [0, 0.05) is 11.3 Å². The number of carbonyl (C=O) groups excluding carboxylic acids is 1. The summed E-state index contributed by atoms with van der Waals surface area (Å²) in [5.74, 6) is -0.642. The Labute approximate surface area is 111 Å². The molecule has 19 heavy (non-hydrogen) atoms. The molecule has 0 aliphatic heterocycles. The van der Waals surface area contributed by atoms with E-state index in [0.717, 1.165) is 11.3 Å². The summed E-state index contributed by atoms with van der Waals surface area (Å²) >= 11 is 0. The summed E-state index contributed by atoms with van der Waals surface area (Å²) in [7, 11) is 0. The van der Waals surface area contributed by atoms with Crippen LogP contribution in [-0.2, 0) is 0 Å². The second-order valence-corrected chi connectivity index (χ2v) is 4.38. The second-order valence-electron chi connectivity index (χ2n) is 4.38. The molecule has 3 nitrogen and oxygen atoms in total. The first kappa shape index (κ1) is 13.1. The number of nitrogens with two attached hydrogens (primary N) is 1. The lowest BCUT2D eigenvalue weighted by Crippen LogP contribution is -2.14. The highest BCUT2D eigenvalue weighted by molar-refractivity contribution is 5.99. The molecule has 0 atom stereocenters. The number of hydrogen-bond acceptors (Lipinski definition) is 3. The lowest BCUT2D eigenvalue weighted by molar-refractivity contribution is 0.101. The highest BCUT2D eigenvalue weighted by atomic mass is 19.1. The van der Waals surface area contributed by atoms with Gasteiger partial charge in [-0.15, -0.1) is 0 Å². The Morgan fingerprint density at radius 1 is 1.26 bits per heavy atom. The number of nitrogen functional groups attached to an aromatic ring is 1. The number of carbonyl (C=O) groups is 1. The highest BCUT2D eigenvalue weighted by Crippen LogP contribution is 2.14. The first-order chi connectivity index (χ1) is 9.06. The molecule has 0 radical (unpaired) electrons. The van der Waals surface area contributed by atoms with Crippen LogP contribution in [-0.4, -0.2) is 12.3 Å². The van der Waals surface area contributed by atoms with Crippen LogP contribution in [0.25, 0.3) is 0 Å². The number of rotatable bonds is 4. The molecule has 0 fully saturated rings. The zero-order valence-electron chi connectivity index (χ0n) is 10.6. The quantitative estimate of drug-likeness (QED) is 0.654. The number of hydrogen-bond donors (Lipinski definition) is 2. The normalized spacial score (nSPS) is 10.2. The minimum atomic E-state index is -0.511. The Bertz CT molecular complexity index is 611. The van der Waals surface area contributed by atoms with Crippen LogP contribution in [0.1, 0.15) is 15.9 Å². The van der Waals surface area contributed by atoms with E-state index in [0.29, 0.717) is 5.56 Å². The third kappa shape index (κ3) is 3.31. The molecule has 0 spiro atoms. The van der Waals surface area contributed by atoms with Crippen LogP contribution in [0.15, 0.2) is 42.5 Å². The lowest BCUT2D eigenvalue weighted by atomic mass is 10.1. The maximum atomic E-state index is 13.0. The molecule has 0 bridgehead atoms. The third-order valence-electron chi connectivity index (χ3n) is 2.79. The van der Waals surface area contributed by atoms with E-state index in [1.54, 1.807) is 0 Å². The van der Waals surface area contributed by atoms with Crippen molar-refractivity contribution >= 4 is 17.2 Å². The molecule has 98 valence electrons. The first-order valence-electron chi connectivity index (χ1n) is 5.95. The molecule has 2 aromatic rings. The Kier molecular flexibility index (Phi) is 3.80. The minimum absolute atomic E-state index is 0.0126. The second kappa shape index (κ2) is 5.52. The maximum Gasteiger partial charge on any atom is 0.181 e. The summed E-state index contributed by atoms with van der Waals surface area (Å²) in [5, 5.41) is 3.03. The van der Waals surface area contributed by atoms with Gasteiger partial charge in [0.1, 0.15) is 5.82 Å².